The molecule has 1 fully saturated rings. The summed E-state index contributed by atoms with van der Waals surface area (Å²) in [6, 6.07) is 6.28. The highest BCUT2D eigenvalue weighted by Gasteiger charge is 2.29. The summed E-state index contributed by atoms with van der Waals surface area (Å²) in [7, 11) is 0. The second-order valence-corrected chi connectivity index (χ2v) is 5.24. The Morgan fingerprint density at radius 3 is 2.94 bits per heavy atom. The van der Waals surface area contributed by atoms with Gasteiger partial charge in [-0.05, 0) is 55.5 Å². The monoisotopic (exact) mass is 236 g/mol. The van der Waals surface area contributed by atoms with Crippen LogP contribution in [-0.4, -0.2) is 19.6 Å². The SMILES string of the molecule is Clc1ccc2c(c1)NCCC2C1CCNC1. The fourth-order valence-electron chi connectivity index (χ4n) is 3.03. The second kappa shape index (κ2) is 4.27. The zero-order valence-electron chi connectivity index (χ0n) is 9.30. The van der Waals surface area contributed by atoms with E-state index in [2.05, 4.69) is 22.8 Å². The third kappa shape index (κ3) is 1.80. The number of halogens is 1. The Morgan fingerprint density at radius 1 is 1.19 bits per heavy atom. The number of fused-ring (bicyclic) bond motifs is 1. The minimum absolute atomic E-state index is 0.712. The van der Waals surface area contributed by atoms with Crippen LogP contribution in [0.25, 0.3) is 0 Å². The van der Waals surface area contributed by atoms with Gasteiger partial charge in [0.15, 0.2) is 0 Å². The average molecular weight is 237 g/mol. The highest BCUT2D eigenvalue weighted by molar-refractivity contribution is 6.30. The minimum atomic E-state index is 0.712. The molecule has 0 spiro atoms. The fraction of sp³-hybridized carbons (Fsp3) is 0.538. The molecular formula is C13H17ClN2. The summed E-state index contributed by atoms with van der Waals surface area (Å²) in [6.07, 6.45) is 2.56. The van der Waals surface area contributed by atoms with E-state index in [9.17, 15) is 0 Å². The molecule has 0 saturated carbocycles. The van der Waals surface area contributed by atoms with Gasteiger partial charge in [0, 0.05) is 17.3 Å². The van der Waals surface area contributed by atoms with Crippen molar-refractivity contribution in [2.24, 2.45) is 5.92 Å². The molecule has 0 bridgehead atoms. The van der Waals surface area contributed by atoms with E-state index in [1.165, 1.54) is 37.2 Å². The van der Waals surface area contributed by atoms with Crippen LogP contribution in [0.15, 0.2) is 18.2 Å². The lowest BCUT2D eigenvalue weighted by Crippen LogP contribution is -2.24. The Hall–Kier alpha value is -0.730. The maximum atomic E-state index is 6.03. The third-order valence-electron chi connectivity index (χ3n) is 3.85. The molecule has 2 unspecified atom stereocenters. The average Bonchev–Trinajstić information content (AvgIpc) is 2.81. The van der Waals surface area contributed by atoms with Gasteiger partial charge in [-0.3, -0.25) is 0 Å². The zero-order valence-corrected chi connectivity index (χ0v) is 10.1. The molecule has 16 heavy (non-hydrogen) atoms. The maximum Gasteiger partial charge on any atom is 0.0426 e. The van der Waals surface area contributed by atoms with E-state index in [0.29, 0.717) is 5.92 Å². The van der Waals surface area contributed by atoms with Crippen molar-refractivity contribution in [3.05, 3.63) is 28.8 Å². The van der Waals surface area contributed by atoms with Gasteiger partial charge < -0.3 is 10.6 Å². The van der Waals surface area contributed by atoms with Crippen molar-refractivity contribution in [2.75, 3.05) is 25.0 Å². The van der Waals surface area contributed by atoms with Crippen LogP contribution >= 0.6 is 11.6 Å². The topological polar surface area (TPSA) is 24.1 Å². The molecule has 0 radical (unpaired) electrons. The molecule has 2 heterocycles. The first-order valence-corrected chi connectivity index (χ1v) is 6.46. The van der Waals surface area contributed by atoms with E-state index in [1.54, 1.807) is 0 Å². The molecule has 0 aliphatic carbocycles. The summed E-state index contributed by atoms with van der Waals surface area (Å²) in [6.45, 7) is 3.43. The lowest BCUT2D eigenvalue weighted by molar-refractivity contribution is 0.434. The van der Waals surface area contributed by atoms with Crippen LogP contribution < -0.4 is 10.6 Å². The van der Waals surface area contributed by atoms with Gasteiger partial charge in [-0.25, -0.2) is 0 Å². The highest BCUT2D eigenvalue weighted by Crippen LogP contribution is 2.39. The molecule has 2 aliphatic rings. The molecule has 1 aromatic carbocycles. The van der Waals surface area contributed by atoms with Crippen LogP contribution in [0.3, 0.4) is 0 Å². The predicted octanol–water partition coefficient (Wildman–Crippen LogP) is 2.85. The summed E-state index contributed by atoms with van der Waals surface area (Å²) in [4.78, 5) is 0. The van der Waals surface area contributed by atoms with Crippen LogP contribution in [-0.2, 0) is 0 Å². The summed E-state index contributed by atoms with van der Waals surface area (Å²) < 4.78 is 0. The van der Waals surface area contributed by atoms with Crippen LogP contribution in [0.5, 0.6) is 0 Å². The summed E-state index contributed by atoms with van der Waals surface area (Å²) in [5, 5.41) is 7.75. The predicted molar refractivity (Wildman–Crippen MR) is 68.3 cm³/mol. The minimum Gasteiger partial charge on any atom is -0.385 e. The molecule has 1 aromatic rings. The first-order chi connectivity index (χ1) is 7.84. The fourth-order valence-corrected chi connectivity index (χ4v) is 3.20. The van der Waals surface area contributed by atoms with Crippen molar-refractivity contribution in [2.45, 2.75) is 18.8 Å². The number of anilines is 1. The van der Waals surface area contributed by atoms with E-state index in [4.69, 9.17) is 11.6 Å². The largest absolute Gasteiger partial charge is 0.385 e. The number of hydrogen-bond acceptors (Lipinski definition) is 2. The van der Waals surface area contributed by atoms with E-state index in [-0.39, 0.29) is 0 Å². The molecule has 2 N–H and O–H groups in total. The normalized spacial score (nSPS) is 28.6. The Balaban J connectivity index is 1.93. The molecule has 2 atom stereocenters. The first-order valence-electron chi connectivity index (χ1n) is 6.08. The third-order valence-corrected chi connectivity index (χ3v) is 4.09. The van der Waals surface area contributed by atoms with Crippen molar-refractivity contribution >= 4 is 17.3 Å². The lowest BCUT2D eigenvalue weighted by Gasteiger charge is -2.30. The van der Waals surface area contributed by atoms with E-state index in [1.807, 2.05) is 6.07 Å². The van der Waals surface area contributed by atoms with E-state index < -0.39 is 0 Å². The van der Waals surface area contributed by atoms with Gasteiger partial charge in [0.2, 0.25) is 0 Å². The molecule has 0 amide bonds. The van der Waals surface area contributed by atoms with E-state index in [0.717, 1.165) is 17.5 Å². The Kier molecular flexibility index (Phi) is 2.78. The van der Waals surface area contributed by atoms with Crippen molar-refractivity contribution in [1.29, 1.82) is 0 Å². The number of hydrogen-bond donors (Lipinski definition) is 2. The number of rotatable bonds is 1. The molecule has 86 valence electrons. The van der Waals surface area contributed by atoms with Gasteiger partial charge in [0.1, 0.15) is 0 Å². The van der Waals surface area contributed by atoms with Gasteiger partial charge >= 0.3 is 0 Å². The van der Waals surface area contributed by atoms with E-state index >= 15 is 0 Å². The molecule has 3 rings (SSSR count). The van der Waals surface area contributed by atoms with Crippen molar-refractivity contribution in [3.8, 4) is 0 Å². The molecular weight excluding hydrogens is 220 g/mol. The summed E-state index contributed by atoms with van der Waals surface area (Å²) >= 11 is 6.03. The van der Waals surface area contributed by atoms with Crippen LogP contribution in [0, 0.1) is 5.92 Å². The smallest absolute Gasteiger partial charge is 0.0426 e. The second-order valence-electron chi connectivity index (χ2n) is 4.81. The zero-order chi connectivity index (χ0) is 11.0. The Bertz CT molecular complexity index is 386. The van der Waals surface area contributed by atoms with Gasteiger partial charge in [0.05, 0.1) is 0 Å². The molecule has 3 heteroatoms. The molecule has 2 aliphatic heterocycles. The van der Waals surface area contributed by atoms with Gasteiger partial charge in [-0.2, -0.15) is 0 Å². The van der Waals surface area contributed by atoms with Gasteiger partial charge in [-0.15, -0.1) is 0 Å². The van der Waals surface area contributed by atoms with Gasteiger partial charge in [0.25, 0.3) is 0 Å². The maximum absolute atomic E-state index is 6.03. The molecule has 2 nitrogen and oxygen atoms in total. The number of nitrogens with one attached hydrogen (secondary N) is 2. The Labute approximate surface area is 101 Å². The Morgan fingerprint density at radius 2 is 2.12 bits per heavy atom. The van der Waals surface area contributed by atoms with Crippen LogP contribution in [0.4, 0.5) is 5.69 Å². The van der Waals surface area contributed by atoms with Crippen molar-refractivity contribution in [3.63, 3.8) is 0 Å². The first kappa shape index (κ1) is 10.4. The summed E-state index contributed by atoms with van der Waals surface area (Å²) in [5.41, 5.74) is 2.71. The quantitative estimate of drug-likeness (QED) is 0.784. The van der Waals surface area contributed by atoms with Crippen LogP contribution in [0.2, 0.25) is 5.02 Å². The number of benzene rings is 1. The van der Waals surface area contributed by atoms with Crippen LogP contribution in [0.1, 0.15) is 24.3 Å². The van der Waals surface area contributed by atoms with Gasteiger partial charge in [-0.1, -0.05) is 17.7 Å². The van der Waals surface area contributed by atoms with Crippen molar-refractivity contribution < 1.29 is 0 Å². The molecule has 0 aromatic heterocycles. The standard InChI is InChI=1S/C13H17ClN2/c14-10-1-2-12-11(9-3-5-15-8-9)4-6-16-13(12)7-10/h1-2,7,9,11,15-16H,3-6,8H2. The lowest BCUT2D eigenvalue weighted by atomic mass is 9.80. The highest BCUT2D eigenvalue weighted by atomic mass is 35.5. The molecule has 1 saturated heterocycles. The summed E-state index contributed by atoms with van der Waals surface area (Å²) in [5.74, 6) is 1.52. The van der Waals surface area contributed by atoms with Crippen molar-refractivity contribution in [1.82, 2.24) is 5.32 Å².